The first-order chi connectivity index (χ1) is 9.78. The number of hydrogen-bond acceptors (Lipinski definition) is 2. The Morgan fingerprint density at radius 3 is 1.82 bits per heavy atom. The van der Waals surface area contributed by atoms with Gasteiger partial charge in [0.15, 0.2) is 5.92 Å². The summed E-state index contributed by atoms with van der Waals surface area (Å²) in [6, 6.07) is 0. The van der Waals surface area contributed by atoms with Crippen molar-refractivity contribution in [3.63, 3.8) is 0 Å². The Labute approximate surface area is 126 Å². The van der Waals surface area contributed by atoms with Gasteiger partial charge in [-0.3, -0.25) is 4.79 Å². The van der Waals surface area contributed by atoms with E-state index in [1.165, 1.54) is 0 Å². The van der Waals surface area contributed by atoms with Crippen molar-refractivity contribution in [2.45, 2.75) is 71.8 Å². The van der Waals surface area contributed by atoms with Crippen molar-refractivity contribution in [2.75, 3.05) is 0 Å². The van der Waals surface area contributed by atoms with Gasteiger partial charge < -0.3 is 4.74 Å². The fraction of sp³-hybridized carbons (Fsp3) is 0.929. The summed E-state index contributed by atoms with van der Waals surface area (Å²) in [5.41, 5.74) is -0.894. The maximum Gasteiger partial charge on any atom is 0.400 e. The molecular weight excluding hydrogens is 314 g/mol. The van der Waals surface area contributed by atoms with E-state index in [4.69, 9.17) is 4.74 Å². The van der Waals surface area contributed by atoms with Gasteiger partial charge in [0.25, 0.3) is 0 Å². The van der Waals surface area contributed by atoms with Gasteiger partial charge in [0, 0.05) is 6.42 Å². The van der Waals surface area contributed by atoms with Crippen molar-refractivity contribution in [3.8, 4) is 0 Å². The Bertz CT molecular complexity index is 349. The van der Waals surface area contributed by atoms with Crippen LogP contribution in [0.15, 0.2) is 0 Å². The molecule has 0 aromatic carbocycles. The molecule has 0 radical (unpaired) electrons. The molecule has 2 nitrogen and oxygen atoms in total. The third-order valence-corrected chi connectivity index (χ3v) is 3.74. The molecule has 0 rings (SSSR count). The molecule has 22 heavy (non-hydrogen) atoms. The van der Waals surface area contributed by atoms with Crippen LogP contribution in [-0.4, -0.2) is 24.4 Å². The van der Waals surface area contributed by atoms with Gasteiger partial charge >= 0.3 is 18.3 Å². The standard InChI is InChI=1S/C14H22F6O2/c1-5-7-12(4,6-2)11(21)22-9(3)8-10(13(15,16)17)14(18,19)20/h9-10H,5-8H2,1-4H3. The van der Waals surface area contributed by atoms with E-state index in [2.05, 4.69) is 0 Å². The maximum atomic E-state index is 12.5. The van der Waals surface area contributed by atoms with Crippen LogP contribution in [0.25, 0.3) is 0 Å². The lowest BCUT2D eigenvalue weighted by Crippen LogP contribution is -2.40. The molecule has 0 aliphatic heterocycles. The summed E-state index contributed by atoms with van der Waals surface area (Å²) in [5, 5.41) is 0. The number of carbonyl (C=O) groups excluding carboxylic acids is 1. The van der Waals surface area contributed by atoms with Gasteiger partial charge in [0.2, 0.25) is 0 Å². The molecule has 0 aliphatic carbocycles. The van der Waals surface area contributed by atoms with Crippen molar-refractivity contribution in [1.82, 2.24) is 0 Å². The van der Waals surface area contributed by atoms with Crippen molar-refractivity contribution in [3.05, 3.63) is 0 Å². The minimum Gasteiger partial charge on any atom is -0.462 e. The summed E-state index contributed by atoms with van der Waals surface area (Å²) in [6.45, 7) is 6.19. The van der Waals surface area contributed by atoms with E-state index in [0.717, 1.165) is 6.92 Å². The third-order valence-electron chi connectivity index (χ3n) is 3.74. The van der Waals surface area contributed by atoms with Gasteiger partial charge in [-0.05, 0) is 26.7 Å². The molecule has 0 saturated heterocycles. The Balaban J connectivity index is 4.92. The number of carbonyl (C=O) groups is 1. The highest BCUT2D eigenvalue weighted by molar-refractivity contribution is 5.76. The van der Waals surface area contributed by atoms with Crippen molar-refractivity contribution >= 4 is 5.97 Å². The molecule has 0 aromatic heterocycles. The molecule has 8 heteroatoms. The molecule has 0 amide bonds. The highest BCUT2D eigenvalue weighted by Crippen LogP contribution is 2.42. The molecular formula is C14H22F6O2. The fourth-order valence-electron chi connectivity index (χ4n) is 2.13. The van der Waals surface area contributed by atoms with E-state index in [0.29, 0.717) is 19.3 Å². The van der Waals surface area contributed by atoms with E-state index in [1.54, 1.807) is 13.8 Å². The lowest BCUT2D eigenvalue weighted by atomic mass is 9.83. The fourth-order valence-corrected chi connectivity index (χ4v) is 2.13. The van der Waals surface area contributed by atoms with Crippen LogP contribution in [0.5, 0.6) is 0 Å². The number of rotatable bonds is 7. The summed E-state index contributed by atoms with van der Waals surface area (Å²) in [4.78, 5) is 12.0. The molecule has 0 spiro atoms. The lowest BCUT2D eigenvalue weighted by Gasteiger charge is -2.29. The average molecular weight is 336 g/mol. The van der Waals surface area contributed by atoms with Crippen molar-refractivity contribution in [1.29, 1.82) is 0 Å². The molecule has 132 valence electrons. The Kier molecular flexibility index (Phi) is 7.22. The first kappa shape index (κ1) is 21.0. The van der Waals surface area contributed by atoms with Gasteiger partial charge in [0.05, 0.1) is 11.5 Å². The van der Waals surface area contributed by atoms with E-state index in [1.807, 2.05) is 6.92 Å². The van der Waals surface area contributed by atoms with Crippen LogP contribution in [0.4, 0.5) is 26.3 Å². The van der Waals surface area contributed by atoms with E-state index < -0.39 is 42.2 Å². The smallest absolute Gasteiger partial charge is 0.400 e. The second-order valence-corrected chi connectivity index (χ2v) is 5.75. The monoisotopic (exact) mass is 336 g/mol. The van der Waals surface area contributed by atoms with Gasteiger partial charge in [-0.2, -0.15) is 26.3 Å². The summed E-state index contributed by atoms with van der Waals surface area (Å²) in [6.07, 6.45) is -12.1. The summed E-state index contributed by atoms with van der Waals surface area (Å²) in [7, 11) is 0. The maximum absolute atomic E-state index is 12.5. The zero-order chi connectivity index (χ0) is 17.8. The number of hydrogen-bond donors (Lipinski definition) is 0. The number of esters is 1. The van der Waals surface area contributed by atoms with Crippen LogP contribution in [0.1, 0.15) is 53.4 Å². The predicted octanol–water partition coefficient (Wildman–Crippen LogP) is 5.27. The Morgan fingerprint density at radius 2 is 1.50 bits per heavy atom. The lowest BCUT2D eigenvalue weighted by molar-refractivity contribution is -0.290. The average Bonchev–Trinajstić information content (AvgIpc) is 2.33. The highest BCUT2D eigenvalue weighted by Gasteiger charge is 2.57. The highest BCUT2D eigenvalue weighted by atomic mass is 19.4. The minimum absolute atomic E-state index is 0.397. The number of halogens is 6. The molecule has 0 heterocycles. The van der Waals surface area contributed by atoms with Gasteiger partial charge in [-0.1, -0.05) is 20.3 Å². The summed E-state index contributed by atoms with van der Waals surface area (Å²) in [5.74, 6) is -4.26. The molecule has 0 N–H and O–H groups in total. The number of alkyl halides is 6. The van der Waals surface area contributed by atoms with Crippen LogP contribution in [-0.2, 0) is 9.53 Å². The third kappa shape index (κ3) is 6.04. The Morgan fingerprint density at radius 1 is 1.05 bits per heavy atom. The van der Waals surface area contributed by atoms with E-state index >= 15 is 0 Å². The zero-order valence-corrected chi connectivity index (χ0v) is 13.1. The van der Waals surface area contributed by atoms with Gasteiger partial charge in [0.1, 0.15) is 0 Å². The topological polar surface area (TPSA) is 26.3 Å². The first-order valence-corrected chi connectivity index (χ1v) is 7.12. The van der Waals surface area contributed by atoms with E-state index in [9.17, 15) is 31.1 Å². The van der Waals surface area contributed by atoms with Crippen LogP contribution in [0, 0.1) is 11.3 Å². The van der Waals surface area contributed by atoms with Gasteiger partial charge in [-0.15, -0.1) is 0 Å². The molecule has 2 unspecified atom stereocenters. The normalized spacial score (nSPS) is 17.2. The van der Waals surface area contributed by atoms with Crippen molar-refractivity contribution in [2.24, 2.45) is 11.3 Å². The summed E-state index contributed by atoms with van der Waals surface area (Å²) < 4.78 is 79.7. The minimum atomic E-state index is -5.42. The second kappa shape index (κ2) is 7.55. The molecule has 0 fully saturated rings. The quantitative estimate of drug-likeness (QED) is 0.468. The second-order valence-electron chi connectivity index (χ2n) is 5.75. The first-order valence-electron chi connectivity index (χ1n) is 7.12. The molecule has 0 aromatic rings. The van der Waals surface area contributed by atoms with Crippen LogP contribution in [0.3, 0.4) is 0 Å². The zero-order valence-electron chi connectivity index (χ0n) is 13.1. The largest absolute Gasteiger partial charge is 0.462 e. The Hall–Kier alpha value is -0.950. The predicted molar refractivity (Wildman–Crippen MR) is 69.1 cm³/mol. The number of ether oxygens (including phenoxy) is 1. The summed E-state index contributed by atoms with van der Waals surface area (Å²) >= 11 is 0. The van der Waals surface area contributed by atoms with Crippen LogP contribution >= 0.6 is 0 Å². The van der Waals surface area contributed by atoms with Crippen LogP contribution in [0.2, 0.25) is 0 Å². The van der Waals surface area contributed by atoms with E-state index in [-0.39, 0.29) is 0 Å². The van der Waals surface area contributed by atoms with Crippen molar-refractivity contribution < 1.29 is 35.9 Å². The van der Waals surface area contributed by atoms with Crippen LogP contribution < -0.4 is 0 Å². The molecule has 0 bridgehead atoms. The SMILES string of the molecule is CCCC(C)(CC)C(=O)OC(C)CC(C(F)(F)F)C(F)(F)F. The molecule has 2 atom stereocenters. The molecule has 0 saturated carbocycles. The van der Waals surface area contributed by atoms with Gasteiger partial charge in [-0.25, -0.2) is 0 Å². The molecule has 0 aliphatic rings.